The molecule has 0 aromatic carbocycles. The smallest absolute Gasteiger partial charge is 0.257 e. The minimum absolute atomic E-state index is 0.0432. The Morgan fingerprint density at radius 2 is 2.00 bits per heavy atom. The van der Waals surface area contributed by atoms with E-state index in [0.717, 1.165) is 12.8 Å². The summed E-state index contributed by atoms with van der Waals surface area (Å²) in [6.45, 7) is 6.78. The number of piperidine rings is 1. The molecule has 3 heterocycles. The van der Waals surface area contributed by atoms with Crippen LogP contribution in [0.1, 0.15) is 48.7 Å². The molecule has 1 aromatic rings. The van der Waals surface area contributed by atoms with Crippen molar-refractivity contribution in [2.24, 2.45) is 0 Å². The fourth-order valence-electron chi connectivity index (χ4n) is 4.19. The molecule has 0 spiro atoms. The molecule has 0 aliphatic carbocycles. The first-order valence-corrected chi connectivity index (χ1v) is 11.6. The van der Waals surface area contributed by atoms with E-state index in [0.29, 0.717) is 56.9 Å². The molecule has 0 bridgehead atoms. The number of carbonyl (C=O) groups excluding carboxylic acids is 1. The van der Waals surface area contributed by atoms with E-state index in [1.807, 2.05) is 13.8 Å². The topological polar surface area (TPSA) is 84.7 Å². The zero-order chi connectivity index (χ0) is 19.6. The number of sulfonamides is 1. The predicted molar refractivity (Wildman–Crippen MR) is 102 cm³/mol. The van der Waals surface area contributed by atoms with E-state index in [2.05, 4.69) is 5.10 Å². The molecule has 1 aromatic heterocycles. The Kier molecular flexibility index (Phi) is 6.22. The van der Waals surface area contributed by atoms with Crippen LogP contribution in [0.25, 0.3) is 0 Å². The quantitative estimate of drug-likeness (QED) is 0.745. The molecular weight excluding hydrogens is 368 g/mol. The van der Waals surface area contributed by atoms with E-state index in [-0.39, 0.29) is 18.0 Å². The number of aryl methyl sites for hydroxylation is 2. The van der Waals surface area contributed by atoms with Gasteiger partial charge in [-0.2, -0.15) is 9.40 Å². The van der Waals surface area contributed by atoms with Crippen LogP contribution in [0.3, 0.4) is 0 Å². The maximum atomic E-state index is 13.0. The van der Waals surface area contributed by atoms with Gasteiger partial charge < -0.3 is 9.64 Å². The van der Waals surface area contributed by atoms with E-state index in [4.69, 9.17) is 4.74 Å². The highest BCUT2D eigenvalue weighted by Crippen LogP contribution is 2.26. The zero-order valence-electron chi connectivity index (χ0n) is 16.4. The molecule has 2 fully saturated rings. The van der Waals surface area contributed by atoms with Gasteiger partial charge in [0.1, 0.15) is 0 Å². The molecule has 152 valence electrons. The molecule has 2 aliphatic rings. The first-order chi connectivity index (χ1) is 12.8. The molecule has 1 unspecified atom stereocenters. The minimum Gasteiger partial charge on any atom is -0.381 e. The third-order valence-electron chi connectivity index (χ3n) is 5.48. The number of nitrogens with zero attached hydrogens (tertiary/aromatic N) is 4. The molecular formula is C18H30N4O4S. The van der Waals surface area contributed by atoms with Gasteiger partial charge in [-0.05, 0) is 39.5 Å². The van der Waals surface area contributed by atoms with Gasteiger partial charge in [0, 0.05) is 51.1 Å². The maximum absolute atomic E-state index is 13.0. The van der Waals surface area contributed by atoms with Gasteiger partial charge in [0.15, 0.2) is 0 Å². The lowest BCUT2D eigenvalue weighted by atomic mass is 10.0. The molecule has 0 N–H and O–H groups in total. The average molecular weight is 399 g/mol. The Morgan fingerprint density at radius 3 is 2.59 bits per heavy atom. The lowest BCUT2D eigenvalue weighted by Gasteiger charge is -2.42. The molecule has 0 radical (unpaired) electrons. The Balaban J connectivity index is 1.78. The summed E-state index contributed by atoms with van der Waals surface area (Å²) in [5, 5.41) is 4.36. The van der Waals surface area contributed by atoms with Crippen LogP contribution in [0.2, 0.25) is 0 Å². The van der Waals surface area contributed by atoms with Crippen LogP contribution < -0.4 is 0 Å². The number of hydrogen-bond donors (Lipinski definition) is 0. The van der Waals surface area contributed by atoms with E-state index < -0.39 is 10.0 Å². The molecule has 3 rings (SSSR count). The number of carbonyl (C=O) groups is 1. The van der Waals surface area contributed by atoms with Crippen molar-refractivity contribution in [3.05, 3.63) is 17.5 Å². The molecule has 27 heavy (non-hydrogen) atoms. The van der Waals surface area contributed by atoms with Crippen molar-refractivity contribution >= 4 is 15.9 Å². The summed E-state index contributed by atoms with van der Waals surface area (Å²) in [4.78, 5) is 14.8. The normalized spacial score (nSPS) is 22.4. The molecule has 9 heteroatoms. The van der Waals surface area contributed by atoms with Crippen molar-refractivity contribution < 1.29 is 17.9 Å². The van der Waals surface area contributed by atoms with Crippen molar-refractivity contribution in [2.75, 3.05) is 32.6 Å². The Morgan fingerprint density at radius 1 is 1.30 bits per heavy atom. The van der Waals surface area contributed by atoms with Crippen molar-refractivity contribution in [1.82, 2.24) is 19.0 Å². The van der Waals surface area contributed by atoms with Crippen LogP contribution in [-0.2, 0) is 21.3 Å². The molecule has 2 aliphatic heterocycles. The van der Waals surface area contributed by atoms with Crippen LogP contribution in [0.5, 0.6) is 0 Å². The fraction of sp³-hybridized carbons (Fsp3) is 0.778. The second kappa shape index (κ2) is 8.28. The van der Waals surface area contributed by atoms with Crippen molar-refractivity contribution in [2.45, 2.75) is 58.2 Å². The lowest BCUT2D eigenvalue weighted by molar-refractivity contribution is 0.0342. The van der Waals surface area contributed by atoms with Gasteiger partial charge in [0.2, 0.25) is 10.0 Å². The maximum Gasteiger partial charge on any atom is 0.257 e. The third kappa shape index (κ3) is 4.52. The summed E-state index contributed by atoms with van der Waals surface area (Å²) in [5.41, 5.74) is 1.32. The highest BCUT2D eigenvalue weighted by atomic mass is 32.2. The number of rotatable bonds is 5. The van der Waals surface area contributed by atoms with Crippen molar-refractivity contribution in [3.63, 3.8) is 0 Å². The molecule has 2 saturated heterocycles. The van der Waals surface area contributed by atoms with Crippen LogP contribution in [0.4, 0.5) is 0 Å². The van der Waals surface area contributed by atoms with E-state index >= 15 is 0 Å². The lowest BCUT2D eigenvalue weighted by Crippen LogP contribution is -2.55. The zero-order valence-corrected chi connectivity index (χ0v) is 17.2. The van der Waals surface area contributed by atoms with Gasteiger partial charge >= 0.3 is 0 Å². The van der Waals surface area contributed by atoms with Crippen molar-refractivity contribution in [1.29, 1.82) is 0 Å². The van der Waals surface area contributed by atoms with E-state index in [9.17, 15) is 13.2 Å². The number of ether oxygens (including phenoxy) is 1. The second-order valence-electron chi connectivity index (χ2n) is 7.47. The highest BCUT2D eigenvalue weighted by Gasteiger charge is 2.38. The summed E-state index contributed by atoms with van der Waals surface area (Å²) >= 11 is 0. The Bertz CT molecular complexity index is 770. The van der Waals surface area contributed by atoms with E-state index in [1.54, 1.807) is 20.1 Å². The molecule has 1 atom stereocenters. The van der Waals surface area contributed by atoms with E-state index in [1.165, 1.54) is 6.26 Å². The first-order valence-electron chi connectivity index (χ1n) is 9.70. The highest BCUT2D eigenvalue weighted by molar-refractivity contribution is 7.88. The van der Waals surface area contributed by atoms with Gasteiger partial charge in [-0.25, -0.2) is 8.42 Å². The fourth-order valence-corrected chi connectivity index (χ4v) is 5.65. The van der Waals surface area contributed by atoms with Crippen molar-refractivity contribution in [3.8, 4) is 0 Å². The SMILES string of the molecule is CCn1cc(C(=O)N2CCCC(N(C3CCOCC3)S(C)(=O)=O)C2)c(C)n1. The number of hydrogen-bond acceptors (Lipinski definition) is 5. The average Bonchev–Trinajstić information content (AvgIpc) is 3.02. The first kappa shape index (κ1) is 20.3. The van der Waals surface area contributed by atoms with Crippen LogP contribution >= 0.6 is 0 Å². The summed E-state index contributed by atoms with van der Waals surface area (Å²) < 4.78 is 33.9. The predicted octanol–water partition coefficient (Wildman–Crippen LogP) is 1.26. The number of aromatic nitrogens is 2. The van der Waals surface area contributed by atoms with Crippen LogP contribution in [0, 0.1) is 6.92 Å². The summed E-state index contributed by atoms with van der Waals surface area (Å²) in [6, 6.07) is -0.222. The number of amides is 1. The summed E-state index contributed by atoms with van der Waals surface area (Å²) in [7, 11) is -3.36. The van der Waals surface area contributed by atoms with Gasteiger partial charge in [0.05, 0.1) is 17.5 Å². The Labute approximate surface area is 161 Å². The largest absolute Gasteiger partial charge is 0.381 e. The van der Waals surface area contributed by atoms with Crippen LogP contribution in [-0.4, -0.2) is 78.0 Å². The monoisotopic (exact) mass is 398 g/mol. The Hall–Kier alpha value is -1.45. The molecule has 1 amide bonds. The number of likely N-dealkylation sites (tertiary alicyclic amines) is 1. The van der Waals surface area contributed by atoms with Crippen LogP contribution in [0.15, 0.2) is 6.20 Å². The van der Waals surface area contributed by atoms with Gasteiger partial charge in [-0.3, -0.25) is 9.48 Å². The second-order valence-corrected chi connectivity index (χ2v) is 9.36. The molecule has 8 nitrogen and oxygen atoms in total. The molecule has 0 saturated carbocycles. The third-order valence-corrected chi connectivity index (χ3v) is 6.84. The standard InChI is InChI=1S/C18H30N4O4S/c1-4-21-13-17(14(2)19-21)18(23)20-9-5-6-16(12-20)22(27(3,24)25)15-7-10-26-11-8-15/h13,15-16H,4-12H2,1-3H3. The van der Waals surface area contributed by atoms with Gasteiger partial charge in [-0.1, -0.05) is 0 Å². The summed E-state index contributed by atoms with van der Waals surface area (Å²) in [6.07, 6.45) is 6.06. The van der Waals surface area contributed by atoms with Gasteiger partial charge in [0.25, 0.3) is 5.91 Å². The minimum atomic E-state index is -3.36. The summed E-state index contributed by atoms with van der Waals surface area (Å²) in [5.74, 6) is -0.0580. The van der Waals surface area contributed by atoms with Gasteiger partial charge in [-0.15, -0.1) is 0 Å².